The van der Waals surface area contributed by atoms with Gasteiger partial charge >= 0.3 is 0 Å². The van der Waals surface area contributed by atoms with Crippen molar-refractivity contribution >= 4 is 16.0 Å². The standard InChI is InChI=1S/C28H53NO5S/c1-3-5-7-9-11-13-14-15-16-17-19-21-23-27(30)26(25-35(32,33)34)29-28(31)24-22-20-18-12-10-8-6-4-2/h15-16,21,23,26-27,30H,3-14,17-20,22,24-25H2,1-2H3,(H,29,31)(H,32,33,34)/b16-15+,23-21+. The highest BCUT2D eigenvalue weighted by atomic mass is 32.2. The van der Waals surface area contributed by atoms with Crippen molar-refractivity contribution in [1.29, 1.82) is 0 Å². The Morgan fingerprint density at radius 2 is 1.23 bits per heavy atom. The van der Waals surface area contributed by atoms with E-state index in [-0.39, 0.29) is 12.3 Å². The van der Waals surface area contributed by atoms with Crippen LogP contribution in [0.15, 0.2) is 24.3 Å². The number of rotatable bonds is 24. The fourth-order valence-electron chi connectivity index (χ4n) is 3.99. The van der Waals surface area contributed by atoms with Crippen LogP contribution < -0.4 is 5.32 Å². The molecule has 0 spiro atoms. The third kappa shape index (κ3) is 24.3. The van der Waals surface area contributed by atoms with Crippen LogP contribution in [0.2, 0.25) is 0 Å². The van der Waals surface area contributed by atoms with E-state index in [1.807, 2.05) is 0 Å². The minimum Gasteiger partial charge on any atom is -0.387 e. The molecule has 6 nitrogen and oxygen atoms in total. The minimum absolute atomic E-state index is 0.288. The van der Waals surface area contributed by atoms with E-state index < -0.39 is 28.0 Å². The number of unbranched alkanes of at least 4 members (excludes halogenated alkanes) is 14. The van der Waals surface area contributed by atoms with Gasteiger partial charge < -0.3 is 10.4 Å². The van der Waals surface area contributed by atoms with Gasteiger partial charge in [-0.2, -0.15) is 8.42 Å². The maximum Gasteiger partial charge on any atom is 0.267 e. The van der Waals surface area contributed by atoms with Crippen molar-refractivity contribution in [2.45, 2.75) is 142 Å². The molecule has 0 heterocycles. The number of amides is 1. The molecule has 206 valence electrons. The highest BCUT2D eigenvalue weighted by molar-refractivity contribution is 7.85. The van der Waals surface area contributed by atoms with Crippen LogP contribution in [0.25, 0.3) is 0 Å². The molecule has 0 bridgehead atoms. The summed E-state index contributed by atoms with van der Waals surface area (Å²) < 4.78 is 32.0. The van der Waals surface area contributed by atoms with Gasteiger partial charge in [0.15, 0.2) is 0 Å². The topological polar surface area (TPSA) is 104 Å². The van der Waals surface area contributed by atoms with E-state index in [1.54, 1.807) is 6.08 Å². The highest BCUT2D eigenvalue weighted by Crippen LogP contribution is 2.11. The molecule has 0 radical (unpaired) electrons. The van der Waals surface area contributed by atoms with Gasteiger partial charge in [0.1, 0.15) is 0 Å². The molecule has 1 amide bonds. The molecule has 0 aliphatic heterocycles. The van der Waals surface area contributed by atoms with E-state index in [0.717, 1.165) is 38.5 Å². The summed E-state index contributed by atoms with van der Waals surface area (Å²) in [4.78, 5) is 12.3. The fraction of sp³-hybridized carbons (Fsp3) is 0.821. The van der Waals surface area contributed by atoms with Gasteiger partial charge in [-0.15, -0.1) is 0 Å². The number of carbonyl (C=O) groups excluding carboxylic acids is 1. The third-order valence-electron chi connectivity index (χ3n) is 6.13. The lowest BCUT2D eigenvalue weighted by Gasteiger charge is -2.21. The van der Waals surface area contributed by atoms with Gasteiger partial charge in [-0.3, -0.25) is 9.35 Å². The van der Waals surface area contributed by atoms with Crippen LogP contribution in [0.1, 0.15) is 129 Å². The number of allylic oxidation sites excluding steroid dienone is 3. The molecule has 7 heteroatoms. The molecule has 2 unspecified atom stereocenters. The monoisotopic (exact) mass is 515 g/mol. The van der Waals surface area contributed by atoms with Crippen LogP contribution in [-0.2, 0) is 14.9 Å². The molecule has 0 saturated heterocycles. The first-order valence-electron chi connectivity index (χ1n) is 14.0. The van der Waals surface area contributed by atoms with E-state index >= 15 is 0 Å². The van der Waals surface area contributed by atoms with Gasteiger partial charge in [0.2, 0.25) is 5.91 Å². The molecule has 3 N–H and O–H groups in total. The molecule has 0 aromatic rings. The van der Waals surface area contributed by atoms with Crippen LogP contribution in [-0.4, -0.2) is 41.9 Å². The molecule has 0 aliphatic rings. The maximum absolute atomic E-state index is 12.3. The molecule has 35 heavy (non-hydrogen) atoms. The summed E-state index contributed by atoms with van der Waals surface area (Å²) in [5.74, 6) is -1.01. The lowest BCUT2D eigenvalue weighted by Crippen LogP contribution is -2.46. The first-order chi connectivity index (χ1) is 16.8. The number of hydrogen-bond acceptors (Lipinski definition) is 4. The van der Waals surface area contributed by atoms with Crippen molar-refractivity contribution in [1.82, 2.24) is 5.32 Å². The van der Waals surface area contributed by atoms with Gasteiger partial charge in [0, 0.05) is 6.42 Å². The quantitative estimate of drug-likeness (QED) is 0.0737. The van der Waals surface area contributed by atoms with E-state index in [0.29, 0.717) is 0 Å². The summed E-state index contributed by atoms with van der Waals surface area (Å²) in [6.45, 7) is 4.41. The van der Waals surface area contributed by atoms with Gasteiger partial charge in [-0.25, -0.2) is 0 Å². The zero-order valence-corrected chi connectivity index (χ0v) is 23.2. The molecular weight excluding hydrogens is 462 g/mol. The van der Waals surface area contributed by atoms with Gasteiger partial charge in [0.25, 0.3) is 10.1 Å². The van der Waals surface area contributed by atoms with E-state index in [9.17, 15) is 22.9 Å². The highest BCUT2D eigenvalue weighted by Gasteiger charge is 2.24. The Labute approximate surface area is 215 Å². The van der Waals surface area contributed by atoms with Crippen molar-refractivity contribution < 1.29 is 22.9 Å². The summed E-state index contributed by atoms with van der Waals surface area (Å²) in [5.41, 5.74) is 0. The lowest BCUT2D eigenvalue weighted by atomic mass is 10.1. The van der Waals surface area contributed by atoms with E-state index in [2.05, 4.69) is 31.3 Å². The third-order valence-corrected chi connectivity index (χ3v) is 6.91. The Morgan fingerprint density at radius 3 is 1.80 bits per heavy atom. The van der Waals surface area contributed by atoms with Gasteiger partial charge in [0.05, 0.1) is 17.9 Å². The van der Waals surface area contributed by atoms with Crippen LogP contribution in [0.4, 0.5) is 0 Å². The van der Waals surface area contributed by atoms with Crippen LogP contribution >= 0.6 is 0 Å². The van der Waals surface area contributed by atoms with Crippen LogP contribution in [0.5, 0.6) is 0 Å². The molecule has 0 aliphatic carbocycles. The van der Waals surface area contributed by atoms with Crippen LogP contribution in [0.3, 0.4) is 0 Å². The van der Waals surface area contributed by atoms with Crippen molar-refractivity contribution in [3.63, 3.8) is 0 Å². The predicted octanol–water partition coefficient (Wildman–Crippen LogP) is 6.89. The van der Waals surface area contributed by atoms with E-state index in [1.165, 1.54) is 76.7 Å². The zero-order valence-electron chi connectivity index (χ0n) is 22.4. The Bertz CT molecular complexity index is 660. The smallest absolute Gasteiger partial charge is 0.267 e. The molecule has 0 fully saturated rings. The largest absolute Gasteiger partial charge is 0.387 e. The molecule has 0 aromatic carbocycles. The average molecular weight is 516 g/mol. The number of hydrogen-bond donors (Lipinski definition) is 3. The second-order valence-corrected chi connectivity index (χ2v) is 11.2. The van der Waals surface area contributed by atoms with Crippen molar-refractivity contribution in [3.05, 3.63) is 24.3 Å². The summed E-state index contributed by atoms with van der Waals surface area (Å²) in [6, 6.07) is -1.06. The number of nitrogens with one attached hydrogen (secondary N) is 1. The summed E-state index contributed by atoms with van der Waals surface area (Å²) in [5, 5.41) is 13.0. The molecule has 0 rings (SSSR count). The van der Waals surface area contributed by atoms with Crippen molar-refractivity contribution in [2.75, 3.05) is 5.75 Å². The molecule has 0 aromatic heterocycles. The zero-order chi connectivity index (χ0) is 26.2. The molecule has 0 saturated carbocycles. The van der Waals surface area contributed by atoms with Gasteiger partial charge in [-0.1, -0.05) is 115 Å². The molecular formula is C28H53NO5S. The van der Waals surface area contributed by atoms with Gasteiger partial charge in [-0.05, 0) is 32.1 Å². The van der Waals surface area contributed by atoms with Crippen molar-refractivity contribution in [2.24, 2.45) is 0 Å². The summed E-state index contributed by atoms with van der Waals surface area (Å²) >= 11 is 0. The molecule has 2 atom stereocenters. The summed E-state index contributed by atoms with van der Waals surface area (Å²) in [7, 11) is -4.33. The minimum atomic E-state index is -4.33. The maximum atomic E-state index is 12.3. The fourth-order valence-corrected chi connectivity index (χ4v) is 4.73. The second kappa shape index (κ2) is 23.2. The Balaban J connectivity index is 4.23. The Hall–Kier alpha value is -1.18. The number of aliphatic hydroxyl groups excluding tert-OH is 1. The summed E-state index contributed by atoms with van der Waals surface area (Å²) in [6.07, 6.45) is 26.0. The van der Waals surface area contributed by atoms with Crippen LogP contribution in [0, 0.1) is 0 Å². The lowest BCUT2D eigenvalue weighted by molar-refractivity contribution is -0.122. The van der Waals surface area contributed by atoms with E-state index in [4.69, 9.17) is 0 Å². The van der Waals surface area contributed by atoms with Crippen molar-refractivity contribution in [3.8, 4) is 0 Å². The SMILES string of the molecule is CCCCCCCC/C=C/CC/C=C/C(O)C(CS(=O)(=O)O)NC(=O)CCCCCCCCCC. The number of aliphatic hydroxyl groups is 1. The first-order valence-corrected chi connectivity index (χ1v) is 15.6. The average Bonchev–Trinajstić information content (AvgIpc) is 2.80. The second-order valence-electron chi connectivity index (χ2n) is 9.67. The normalized spacial score (nSPS) is 14.1. The Morgan fingerprint density at radius 1 is 0.743 bits per heavy atom. The Kier molecular flexibility index (Phi) is 22.4. The number of carbonyl (C=O) groups is 1. The first kappa shape index (κ1) is 33.8. The predicted molar refractivity (Wildman–Crippen MR) is 147 cm³/mol.